The van der Waals surface area contributed by atoms with Gasteiger partial charge in [-0.05, 0) is 62.6 Å². The summed E-state index contributed by atoms with van der Waals surface area (Å²) < 4.78 is 44.6. The van der Waals surface area contributed by atoms with Crippen LogP contribution in [0.3, 0.4) is 0 Å². The largest absolute Gasteiger partial charge is 0.436 e. The van der Waals surface area contributed by atoms with Crippen molar-refractivity contribution in [1.29, 1.82) is 0 Å². The van der Waals surface area contributed by atoms with Gasteiger partial charge in [0.25, 0.3) is 17.7 Å². The minimum absolute atomic E-state index is 0.0650. The fourth-order valence-electron chi connectivity index (χ4n) is 5.51. The molecule has 1 aromatic rings. The van der Waals surface area contributed by atoms with E-state index in [1.807, 2.05) is 12.2 Å². The molecule has 0 aromatic heterocycles. The number of nitrogens with two attached hydrogens (primary N) is 1. The number of halogens is 1. The van der Waals surface area contributed by atoms with E-state index < -0.39 is 57.3 Å². The maximum absolute atomic E-state index is 14.0. The van der Waals surface area contributed by atoms with Crippen molar-refractivity contribution >= 4 is 34.3 Å². The van der Waals surface area contributed by atoms with Gasteiger partial charge in [0.15, 0.2) is 6.10 Å². The molecule has 4 amide bonds. The SMILES string of the molecule is NC(=O)OC1CCCCCC=CC2CC2(c2ccc(F)cc2)NC(=O)C2(C(=O)N=S(=O)=O)CCCN2C1=O. The highest BCUT2D eigenvalue weighted by atomic mass is 32.2. The summed E-state index contributed by atoms with van der Waals surface area (Å²) in [5, 5.41) is 2.89. The summed E-state index contributed by atoms with van der Waals surface area (Å²) in [5.41, 5.74) is 2.52. The fraction of sp³-hybridized carbons (Fsp3) is 0.520. The molecule has 204 valence electrons. The molecule has 1 saturated heterocycles. The van der Waals surface area contributed by atoms with Crippen LogP contribution >= 0.6 is 0 Å². The summed E-state index contributed by atoms with van der Waals surface area (Å²) in [6, 6.07) is 5.60. The number of hydrogen-bond acceptors (Lipinski definition) is 7. The van der Waals surface area contributed by atoms with Crippen molar-refractivity contribution in [2.24, 2.45) is 16.0 Å². The van der Waals surface area contributed by atoms with E-state index in [-0.39, 0.29) is 31.7 Å². The lowest BCUT2D eigenvalue weighted by Gasteiger charge is -2.37. The molecule has 38 heavy (non-hydrogen) atoms. The number of ether oxygens (including phenoxy) is 1. The highest BCUT2D eigenvalue weighted by Crippen LogP contribution is 2.53. The lowest BCUT2D eigenvalue weighted by molar-refractivity contribution is -0.157. The van der Waals surface area contributed by atoms with E-state index in [4.69, 9.17) is 10.5 Å². The quantitative estimate of drug-likeness (QED) is 0.431. The third-order valence-electron chi connectivity index (χ3n) is 7.48. The first kappa shape index (κ1) is 27.4. The zero-order valence-corrected chi connectivity index (χ0v) is 21.4. The Morgan fingerprint density at radius 1 is 1.13 bits per heavy atom. The molecule has 4 atom stereocenters. The minimum Gasteiger partial charge on any atom is -0.436 e. The summed E-state index contributed by atoms with van der Waals surface area (Å²) >= 11 is 0. The number of nitrogens with one attached hydrogen (secondary N) is 1. The Balaban J connectivity index is 1.81. The van der Waals surface area contributed by atoms with Crippen LogP contribution in [-0.2, 0) is 35.2 Å². The third kappa shape index (κ3) is 5.33. The second-order valence-electron chi connectivity index (χ2n) is 9.80. The van der Waals surface area contributed by atoms with Gasteiger partial charge in [-0.1, -0.05) is 35.1 Å². The number of allylic oxidation sites excluding steroid dienone is 1. The van der Waals surface area contributed by atoms with Crippen molar-refractivity contribution in [3.8, 4) is 0 Å². The van der Waals surface area contributed by atoms with Gasteiger partial charge in [0, 0.05) is 12.5 Å². The standard InChI is InChI=1S/C25H29FN4O7S/c26-18-11-9-16(10-12-18)24-15-17(24)7-4-2-1-3-5-8-19(37-23(27)34)20(31)30-14-6-13-25(30,21(32)28-24)22(33)29-38(35)36/h4,7,9-12,17,19H,1-3,5-6,8,13-15H2,(H2,27,34)(H,28,32). The molecule has 0 bridgehead atoms. The van der Waals surface area contributed by atoms with E-state index in [1.165, 1.54) is 24.3 Å². The van der Waals surface area contributed by atoms with Crippen molar-refractivity contribution in [2.75, 3.05) is 6.54 Å². The number of primary amides is 1. The zero-order valence-electron chi connectivity index (χ0n) is 20.6. The first-order valence-corrected chi connectivity index (χ1v) is 13.5. The van der Waals surface area contributed by atoms with Crippen molar-refractivity contribution in [3.63, 3.8) is 0 Å². The molecule has 3 aliphatic rings. The fourth-order valence-corrected chi connectivity index (χ4v) is 5.80. The molecule has 2 heterocycles. The Kier molecular flexibility index (Phi) is 7.95. The Hall–Kier alpha value is -3.61. The van der Waals surface area contributed by atoms with Crippen LogP contribution in [0.1, 0.15) is 56.9 Å². The van der Waals surface area contributed by atoms with Gasteiger partial charge in [-0.15, -0.1) is 0 Å². The number of carbonyl (C=O) groups excluding carboxylic acids is 4. The van der Waals surface area contributed by atoms with Gasteiger partial charge in [0.05, 0.1) is 5.54 Å². The summed E-state index contributed by atoms with van der Waals surface area (Å²) in [7, 11) is -3.19. The third-order valence-corrected chi connectivity index (χ3v) is 7.80. The van der Waals surface area contributed by atoms with Crippen molar-refractivity contribution < 1.29 is 36.7 Å². The van der Waals surface area contributed by atoms with Gasteiger partial charge >= 0.3 is 16.6 Å². The van der Waals surface area contributed by atoms with Crippen LogP contribution in [0.4, 0.5) is 9.18 Å². The second kappa shape index (κ2) is 11.0. The normalized spacial score (nSPS) is 29.7. The second-order valence-corrected chi connectivity index (χ2v) is 10.4. The lowest BCUT2D eigenvalue weighted by atomic mass is 9.91. The van der Waals surface area contributed by atoms with Gasteiger partial charge in [0.2, 0.25) is 5.54 Å². The predicted molar refractivity (Wildman–Crippen MR) is 131 cm³/mol. The van der Waals surface area contributed by atoms with E-state index in [2.05, 4.69) is 9.68 Å². The smallest absolute Gasteiger partial charge is 0.405 e. The number of amides is 4. The molecule has 4 unspecified atom stereocenters. The summed E-state index contributed by atoms with van der Waals surface area (Å²) in [5.74, 6) is -3.68. The van der Waals surface area contributed by atoms with E-state index >= 15 is 0 Å². The molecule has 4 rings (SSSR count). The van der Waals surface area contributed by atoms with Crippen molar-refractivity contribution in [2.45, 2.75) is 68.5 Å². The monoisotopic (exact) mass is 548 g/mol. The lowest BCUT2D eigenvalue weighted by Crippen LogP contribution is -2.64. The predicted octanol–water partition coefficient (Wildman–Crippen LogP) is 2.09. The molecule has 0 spiro atoms. The molecular weight excluding hydrogens is 519 g/mol. The summed E-state index contributed by atoms with van der Waals surface area (Å²) in [6.07, 6.45) is 4.75. The average molecular weight is 549 g/mol. The van der Waals surface area contributed by atoms with Crippen molar-refractivity contribution in [3.05, 3.63) is 47.8 Å². The number of carbonyl (C=O) groups is 4. The molecule has 2 fully saturated rings. The van der Waals surface area contributed by atoms with E-state index in [1.54, 1.807) is 0 Å². The van der Waals surface area contributed by atoms with E-state index in [9.17, 15) is 32.0 Å². The van der Waals surface area contributed by atoms with Crippen LogP contribution in [0.25, 0.3) is 0 Å². The van der Waals surface area contributed by atoms with Crippen LogP contribution < -0.4 is 11.1 Å². The first-order valence-electron chi connectivity index (χ1n) is 12.5. The number of benzene rings is 1. The number of hydrogen-bond donors (Lipinski definition) is 2. The van der Waals surface area contributed by atoms with Gasteiger partial charge in [0.1, 0.15) is 5.82 Å². The zero-order chi connectivity index (χ0) is 27.5. The van der Waals surface area contributed by atoms with E-state index in [0.717, 1.165) is 24.2 Å². The number of rotatable bonds is 3. The van der Waals surface area contributed by atoms with Gasteiger partial charge in [-0.25, -0.2) is 9.18 Å². The molecular formula is C25H29FN4O7S. The van der Waals surface area contributed by atoms with Gasteiger partial charge in [-0.2, -0.15) is 8.42 Å². The maximum atomic E-state index is 14.0. The summed E-state index contributed by atoms with van der Waals surface area (Å²) in [6.45, 7) is -0.0650. The van der Waals surface area contributed by atoms with Crippen LogP contribution in [0, 0.1) is 11.7 Å². The number of fused-ring (bicyclic) bond motifs is 2. The molecule has 13 heteroatoms. The molecule has 1 aliphatic carbocycles. The topological polar surface area (TPSA) is 165 Å². The minimum atomic E-state index is -3.19. The Bertz CT molecular complexity index is 1290. The Morgan fingerprint density at radius 3 is 2.55 bits per heavy atom. The molecule has 3 N–H and O–H groups in total. The number of nitrogens with zero attached hydrogens (tertiary/aromatic N) is 2. The highest BCUT2D eigenvalue weighted by molar-refractivity contribution is 7.62. The van der Waals surface area contributed by atoms with Gasteiger partial charge < -0.3 is 20.7 Å². The average Bonchev–Trinajstić information content (AvgIpc) is 3.34. The molecule has 11 nitrogen and oxygen atoms in total. The molecule has 2 aliphatic heterocycles. The van der Waals surface area contributed by atoms with Crippen molar-refractivity contribution in [1.82, 2.24) is 10.2 Å². The molecule has 0 radical (unpaired) electrons. The maximum Gasteiger partial charge on any atom is 0.405 e. The first-order chi connectivity index (χ1) is 18.1. The Labute approximate surface area is 220 Å². The van der Waals surface area contributed by atoms with Gasteiger partial charge in [-0.3, -0.25) is 14.4 Å². The van der Waals surface area contributed by atoms with Crippen LogP contribution in [0.5, 0.6) is 0 Å². The molecule has 1 saturated carbocycles. The molecule has 1 aromatic carbocycles. The van der Waals surface area contributed by atoms with Crippen LogP contribution in [0.15, 0.2) is 40.8 Å². The van der Waals surface area contributed by atoms with E-state index in [0.29, 0.717) is 18.4 Å². The van der Waals surface area contributed by atoms with Crippen LogP contribution in [0.2, 0.25) is 0 Å². The van der Waals surface area contributed by atoms with Crippen LogP contribution in [-0.4, -0.2) is 55.3 Å². The summed E-state index contributed by atoms with van der Waals surface area (Å²) in [4.78, 5) is 53.5. The Morgan fingerprint density at radius 2 is 1.87 bits per heavy atom. The highest BCUT2D eigenvalue weighted by Gasteiger charge is 2.62.